The number of fused-ring (bicyclic) bond motifs is 1. The van der Waals surface area contributed by atoms with E-state index in [2.05, 4.69) is 26.9 Å². The van der Waals surface area contributed by atoms with Crippen molar-refractivity contribution in [3.05, 3.63) is 83.5 Å². The number of aromatic nitrogens is 1. The Morgan fingerprint density at radius 1 is 1.15 bits per heavy atom. The fraction of sp³-hybridized carbons (Fsp3) is 0.167. The number of hydrogen-bond acceptors (Lipinski definition) is 6. The van der Waals surface area contributed by atoms with Crippen molar-refractivity contribution < 1.29 is 27.4 Å². The Morgan fingerprint density at radius 2 is 1.85 bits per heavy atom. The zero-order chi connectivity index (χ0) is 24.7. The Kier molecular flexibility index (Phi) is 8.06. The Balaban J connectivity index is 1.75. The highest BCUT2D eigenvalue weighted by molar-refractivity contribution is 8.03. The van der Waals surface area contributed by atoms with Gasteiger partial charge in [-0.3, -0.25) is 9.78 Å². The number of carbonyl (C=O) groups excluding carboxylic acids is 1. The largest absolute Gasteiger partial charge is 0.573 e. The zero-order valence-corrected chi connectivity index (χ0v) is 19.2. The number of halogens is 3. The summed E-state index contributed by atoms with van der Waals surface area (Å²) in [6.07, 6.45) is 0.202. The Hall–Kier alpha value is -3.66. The van der Waals surface area contributed by atoms with Gasteiger partial charge in [-0.15, -0.1) is 24.9 Å². The van der Waals surface area contributed by atoms with Crippen LogP contribution in [0.1, 0.15) is 5.56 Å². The average molecular weight is 490 g/mol. The molecular weight excluding hydrogens is 467 g/mol. The molecule has 0 unspecified atom stereocenters. The number of alkyl halides is 3. The molecule has 10 heteroatoms. The van der Waals surface area contributed by atoms with Gasteiger partial charge >= 0.3 is 6.36 Å². The van der Waals surface area contributed by atoms with Crippen LogP contribution < -0.4 is 20.1 Å². The summed E-state index contributed by atoms with van der Waals surface area (Å²) in [6.45, 7) is 4.21. The van der Waals surface area contributed by atoms with E-state index >= 15 is 0 Å². The monoisotopic (exact) mass is 489 g/mol. The first-order valence-electron chi connectivity index (χ1n) is 9.97. The molecule has 2 aromatic carbocycles. The molecule has 0 fully saturated rings. The quantitative estimate of drug-likeness (QED) is 0.300. The number of methoxy groups -OCH3 is 1. The summed E-state index contributed by atoms with van der Waals surface area (Å²) >= 11 is 1.22. The number of rotatable bonds is 9. The minimum atomic E-state index is -4.78. The molecule has 0 saturated carbocycles. The molecule has 1 amide bonds. The molecule has 0 radical (unpaired) electrons. The lowest BCUT2D eigenvalue weighted by molar-refractivity contribution is -0.274. The summed E-state index contributed by atoms with van der Waals surface area (Å²) < 4.78 is 46.1. The molecule has 3 rings (SSSR count). The lowest BCUT2D eigenvalue weighted by atomic mass is 10.1. The minimum Gasteiger partial charge on any atom is -0.497 e. The van der Waals surface area contributed by atoms with Gasteiger partial charge in [0.2, 0.25) is 0 Å². The van der Waals surface area contributed by atoms with Gasteiger partial charge in [-0.25, -0.2) is 0 Å². The molecule has 2 N–H and O–H groups in total. The van der Waals surface area contributed by atoms with Gasteiger partial charge in [0.05, 0.1) is 23.2 Å². The van der Waals surface area contributed by atoms with Crippen LogP contribution >= 0.6 is 11.8 Å². The van der Waals surface area contributed by atoms with Crippen LogP contribution in [0.25, 0.3) is 10.9 Å². The van der Waals surface area contributed by atoms with Crippen molar-refractivity contribution >= 4 is 34.3 Å². The summed E-state index contributed by atoms with van der Waals surface area (Å²) in [4.78, 5) is 17.6. The highest BCUT2D eigenvalue weighted by Crippen LogP contribution is 2.26. The molecule has 6 nitrogen and oxygen atoms in total. The summed E-state index contributed by atoms with van der Waals surface area (Å²) in [7, 11) is 1.59. The van der Waals surface area contributed by atoms with Gasteiger partial charge in [0, 0.05) is 29.9 Å². The fourth-order valence-electron chi connectivity index (χ4n) is 3.16. The van der Waals surface area contributed by atoms with Crippen LogP contribution in [-0.4, -0.2) is 30.6 Å². The van der Waals surface area contributed by atoms with Gasteiger partial charge in [-0.05, 0) is 60.4 Å². The molecule has 34 heavy (non-hydrogen) atoms. The number of carbonyl (C=O) groups is 1. The van der Waals surface area contributed by atoms with E-state index in [-0.39, 0.29) is 5.75 Å². The summed E-state index contributed by atoms with van der Waals surface area (Å²) in [5.74, 6) is -0.0957. The number of ether oxygens (including phenoxy) is 2. The number of benzene rings is 2. The number of hydrogen-bond donors (Lipinski definition) is 2. The smallest absolute Gasteiger partial charge is 0.497 e. The van der Waals surface area contributed by atoms with Crippen molar-refractivity contribution in [2.75, 3.05) is 18.7 Å². The van der Waals surface area contributed by atoms with Crippen molar-refractivity contribution in [2.45, 2.75) is 12.9 Å². The number of pyridine rings is 1. The number of anilines is 1. The van der Waals surface area contributed by atoms with E-state index in [1.165, 1.54) is 30.0 Å². The minimum absolute atomic E-state index is 0.323. The summed E-state index contributed by atoms with van der Waals surface area (Å²) in [5, 5.41) is 6.85. The van der Waals surface area contributed by atoms with E-state index in [0.717, 1.165) is 28.6 Å². The fourth-order valence-corrected chi connectivity index (χ4v) is 3.77. The lowest BCUT2D eigenvalue weighted by Crippen LogP contribution is -2.20. The normalized spacial score (nSPS) is 12.0. The van der Waals surface area contributed by atoms with E-state index in [4.69, 9.17) is 4.74 Å². The van der Waals surface area contributed by atoms with Crippen molar-refractivity contribution in [3.8, 4) is 11.5 Å². The molecule has 0 aliphatic carbocycles. The number of nitrogens with one attached hydrogen (secondary N) is 2. The lowest BCUT2D eigenvalue weighted by Gasteiger charge is -2.15. The van der Waals surface area contributed by atoms with E-state index in [1.807, 2.05) is 24.3 Å². The van der Waals surface area contributed by atoms with Crippen molar-refractivity contribution in [1.82, 2.24) is 10.3 Å². The second kappa shape index (κ2) is 11.0. The Bertz CT molecular complexity index is 1210. The number of allylic oxidation sites excluding steroid dienone is 1. The molecule has 178 valence electrons. The van der Waals surface area contributed by atoms with Gasteiger partial charge in [-0.2, -0.15) is 0 Å². The van der Waals surface area contributed by atoms with Gasteiger partial charge in [0.15, 0.2) is 0 Å². The van der Waals surface area contributed by atoms with Gasteiger partial charge < -0.3 is 20.1 Å². The van der Waals surface area contributed by atoms with E-state index in [9.17, 15) is 18.0 Å². The standard InChI is InChI=1S/C24H22F3N3O3S/c1-4-20(29-14-15-11-12-28-21-13-18(32-2)9-10-19(15)21)22(34-3)23(31)30-16-5-7-17(8-6-16)33-24(25,26)27/h4-13,29H,1,14H2,2-3H3,(H,30,31)/b22-20+. The van der Waals surface area contributed by atoms with Crippen LogP contribution in [0.15, 0.2) is 78.0 Å². The predicted molar refractivity (Wildman–Crippen MR) is 128 cm³/mol. The first-order chi connectivity index (χ1) is 16.2. The van der Waals surface area contributed by atoms with E-state index in [1.54, 1.807) is 19.6 Å². The molecule has 0 bridgehead atoms. The molecule has 1 aromatic heterocycles. The van der Waals surface area contributed by atoms with Crippen LogP contribution in [0.3, 0.4) is 0 Å². The molecular formula is C24H22F3N3O3S. The average Bonchev–Trinajstić information content (AvgIpc) is 2.81. The molecule has 3 aromatic rings. The topological polar surface area (TPSA) is 72.5 Å². The van der Waals surface area contributed by atoms with Crippen molar-refractivity contribution in [1.29, 1.82) is 0 Å². The molecule has 0 atom stereocenters. The third-order valence-electron chi connectivity index (χ3n) is 4.71. The van der Waals surface area contributed by atoms with Gasteiger partial charge in [-0.1, -0.05) is 6.58 Å². The number of thioether (sulfide) groups is 1. The van der Waals surface area contributed by atoms with Crippen molar-refractivity contribution in [3.63, 3.8) is 0 Å². The van der Waals surface area contributed by atoms with E-state index in [0.29, 0.717) is 28.6 Å². The van der Waals surface area contributed by atoms with Crippen LogP contribution in [-0.2, 0) is 11.3 Å². The Morgan fingerprint density at radius 3 is 2.47 bits per heavy atom. The van der Waals surface area contributed by atoms with E-state index < -0.39 is 12.3 Å². The summed E-state index contributed by atoms with van der Waals surface area (Å²) in [5.41, 5.74) is 2.58. The number of amides is 1. The van der Waals surface area contributed by atoms with Gasteiger partial charge in [0.1, 0.15) is 11.5 Å². The maximum atomic E-state index is 12.8. The highest BCUT2D eigenvalue weighted by Gasteiger charge is 2.31. The van der Waals surface area contributed by atoms with Gasteiger partial charge in [0.25, 0.3) is 5.91 Å². The Labute approximate surface area is 198 Å². The van der Waals surface area contributed by atoms with Crippen LogP contribution in [0.2, 0.25) is 0 Å². The third kappa shape index (κ3) is 6.44. The first kappa shape index (κ1) is 25.0. The molecule has 0 spiro atoms. The number of nitrogens with zero attached hydrogens (tertiary/aromatic N) is 1. The second-order valence-electron chi connectivity index (χ2n) is 6.88. The molecule has 0 aliphatic heterocycles. The third-order valence-corrected chi connectivity index (χ3v) is 5.53. The first-order valence-corrected chi connectivity index (χ1v) is 11.2. The molecule has 1 heterocycles. The maximum Gasteiger partial charge on any atom is 0.573 e. The van der Waals surface area contributed by atoms with Crippen LogP contribution in [0.4, 0.5) is 18.9 Å². The predicted octanol–water partition coefficient (Wildman–Crippen LogP) is 5.63. The maximum absolute atomic E-state index is 12.8. The SMILES string of the molecule is C=C/C(NCc1ccnc2cc(OC)ccc12)=C(\SC)C(=O)Nc1ccc(OC(F)(F)F)cc1. The highest BCUT2D eigenvalue weighted by atomic mass is 32.2. The van der Waals surface area contributed by atoms with Crippen LogP contribution in [0.5, 0.6) is 11.5 Å². The second-order valence-corrected chi connectivity index (χ2v) is 7.70. The van der Waals surface area contributed by atoms with Crippen molar-refractivity contribution in [2.24, 2.45) is 0 Å². The molecule has 0 aliphatic rings. The summed E-state index contributed by atoms with van der Waals surface area (Å²) in [6, 6.07) is 12.4. The molecule has 0 saturated heterocycles. The van der Waals surface area contributed by atoms with Crippen LogP contribution in [0, 0.1) is 0 Å². The zero-order valence-electron chi connectivity index (χ0n) is 18.4.